The molecular formula is C16H21N5. The highest BCUT2D eigenvalue weighted by molar-refractivity contribution is 5.78. The van der Waals surface area contributed by atoms with Crippen LogP contribution in [0.1, 0.15) is 12.7 Å². The molecule has 21 heavy (non-hydrogen) atoms. The highest BCUT2D eigenvalue weighted by Gasteiger charge is 2.22. The Hall–Kier alpha value is -2.30. The Bertz CT molecular complexity index is 618. The van der Waals surface area contributed by atoms with E-state index in [4.69, 9.17) is 4.98 Å². The van der Waals surface area contributed by atoms with E-state index >= 15 is 0 Å². The standard InChI is InChI=1S/C16H21N5/c1-4-14-18-15(17-2)11-16(19-14)21-10-9-20(3)12-7-5-6-8-13(12)21/h5-8,11H,4,9-10H2,1-3H3,(H,17,18,19). The third kappa shape index (κ3) is 2.51. The molecule has 0 fully saturated rings. The average molecular weight is 283 g/mol. The van der Waals surface area contributed by atoms with Crippen LogP contribution in [0.15, 0.2) is 30.3 Å². The first-order valence-corrected chi connectivity index (χ1v) is 7.36. The molecule has 1 aliphatic rings. The zero-order valence-electron chi connectivity index (χ0n) is 12.8. The lowest BCUT2D eigenvalue weighted by Gasteiger charge is -2.36. The van der Waals surface area contributed by atoms with Crippen LogP contribution in [0.25, 0.3) is 0 Å². The molecule has 2 heterocycles. The number of likely N-dealkylation sites (N-methyl/N-ethyl adjacent to an activating group) is 1. The van der Waals surface area contributed by atoms with E-state index in [0.717, 1.165) is 37.0 Å². The second kappa shape index (κ2) is 5.60. The highest BCUT2D eigenvalue weighted by Crippen LogP contribution is 2.36. The minimum Gasteiger partial charge on any atom is -0.373 e. The highest BCUT2D eigenvalue weighted by atomic mass is 15.3. The molecular weight excluding hydrogens is 262 g/mol. The van der Waals surface area contributed by atoms with Gasteiger partial charge in [0, 0.05) is 39.7 Å². The maximum atomic E-state index is 4.70. The maximum Gasteiger partial charge on any atom is 0.138 e. The van der Waals surface area contributed by atoms with Gasteiger partial charge in [-0.2, -0.15) is 0 Å². The molecule has 0 radical (unpaired) electrons. The first-order valence-electron chi connectivity index (χ1n) is 7.36. The Balaban J connectivity index is 2.07. The molecule has 0 amide bonds. The molecule has 0 saturated heterocycles. The van der Waals surface area contributed by atoms with Crippen LogP contribution in [0.5, 0.6) is 0 Å². The normalized spacial score (nSPS) is 14.0. The lowest BCUT2D eigenvalue weighted by Crippen LogP contribution is -2.37. The van der Waals surface area contributed by atoms with Crippen LogP contribution in [-0.4, -0.2) is 37.2 Å². The second-order valence-corrected chi connectivity index (χ2v) is 5.19. The van der Waals surface area contributed by atoms with Crippen molar-refractivity contribution in [2.45, 2.75) is 13.3 Å². The smallest absolute Gasteiger partial charge is 0.138 e. The lowest BCUT2D eigenvalue weighted by atomic mass is 10.1. The van der Waals surface area contributed by atoms with E-state index < -0.39 is 0 Å². The van der Waals surface area contributed by atoms with Crippen LogP contribution in [0, 0.1) is 0 Å². The average Bonchev–Trinajstić information content (AvgIpc) is 2.55. The van der Waals surface area contributed by atoms with Crippen molar-refractivity contribution in [3.8, 4) is 0 Å². The monoisotopic (exact) mass is 283 g/mol. The lowest BCUT2D eigenvalue weighted by molar-refractivity contribution is 0.804. The molecule has 5 heteroatoms. The van der Waals surface area contributed by atoms with Crippen molar-refractivity contribution in [3.05, 3.63) is 36.2 Å². The molecule has 1 aromatic heterocycles. The summed E-state index contributed by atoms with van der Waals surface area (Å²) >= 11 is 0. The zero-order chi connectivity index (χ0) is 14.8. The number of para-hydroxylation sites is 2. The van der Waals surface area contributed by atoms with Gasteiger partial charge in [0.2, 0.25) is 0 Å². The molecule has 2 aromatic rings. The van der Waals surface area contributed by atoms with Gasteiger partial charge in [-0.1, -0.05) is 19.1 Å². The number of nitrogens with one attached hydrogen (secondary N) is 1. The van der Waals surface area contributed by atoms with E-state index in [-0.39, 0.29) is 0 Å². The molecule has 110 valence electrons. The predicted molar refractivity (Wildman–Crippen MR) is 87.7 cm³/mol. The number of hydrogen-bond acceptors (Lipinski definition) is 5. The summed E-state index contributed by atoms with van der Waals surface area (Å²) < 4.78 is 0. The van der Waals surface area contributed by atoms with Gasteiger partial charge in [-0.15, -0.1) is 0 Å². The molecule has 0 aliphatic carbocycles. The number of aryl methyl sites for hydroxylation is 1. The third-order valence-electron chi connectivity index (χ3n) is 3.85. The van der Waals surface area contributed by atoms with Gasteiger partial charge in [0.05, 0.1) is 11.4 Å². The Labute approximate surface area is 125 Å². The quantitative estimate of drug-likeness (QED) is 0.938. The van der Waals surface area contributed by atoms with Crippen LogP contribution in [0.2, 0.25) is 0 Å². The molecule has 5 nitrogen and oxygen atoms in total. The Morgan fingerprint density at radius 2 is 1.90 bits per heavy atom. The van der Waals surface area contributed by atoms with E-state index in [0.29, 0.717) is 0 Å². The van der Waals surface area contributed by atoms with Crippen molar-refractivity contribution in [2.24, 2.45) is 0 Å². The van der Waals surface area contributed by atoms with E-state index in [9.17, 15) is 0 Å². The van der Waals surface area contributed by atoms with Crippen molar-refractivity contribution in [1.82, 2.24) is 9.97 Å². The molecule has 0 atom stereocenters. The predicted octanol–water partition coefficient (Wildman–Crippen LogP) is 2.67. The summed E-state index contributed by atoms with van der Waals surface area (Å²) in [4.78, 5) is 13.7. The maximum absolute atomic E-state index is 4.70. The van der Waals surface area contributed by atoms with Crippen LogP contribution in [-0.2, 0) is 6.42 Å². The van der Waals surface area contributed by atoms with Crippen molar-refractivity contribution < 1.29 is 0 Å². The second-order valence-electron chi connectivity index (χ2n) is 5.19. The molecule has 1 N–H and O–H groups in total. The fourth-order valence-electron chi connectivity index (χ4n) is 2.65. The summed E-state index contributed by atoms with van der Waals surface area (Å²) in [7, 11) is 4.02. The first-order chi connectivity index (χ1) is 10.2. The number of nitrogens with zero attached hydrogens (tertiary/aromatic N) is 4. The summed E-state index contributed by atoms with van der Waals surface area (Å²) in [6.45, 7) is 3.99. The minimum absolute atomic E-state index is 0.831. The fourth-order valence-corrected chi connectivity index (χ4v) is 2.65. The van der Waals surface area contributed by atoms with E-state index in [1.165, 1.54) is 11.4 Å². The van der Waals surface area contributed by atoms with E-state index in [2.05, 4.69) is 58.3 Å². The zero-order valence-corrected chi connectivity index (χ0v) is 12.8. The molecule has 0 unspecified atom stereocenters. The van der Waals surface area contributed by atoms with Crippen molar-refractivity contribution in [2.75, 3.05) is 42.3 Å². The number of aromatic nitrogens is 2. The molecule has 0 saturated carbocycles. The molecule has 1 aliphatic heterocycles. The molecule has 0 bridgehead atoms. The number of fused-ring (bicyclic) bond motifs is 1. The number of rotatable bonds is 3. The van der Waals surface area contributed by atoms with Gasteiger partial charge >= 0.3 is 0 Å². The van der Waals surface area contributed by atoms with Crippen LogP contribution in [0.4, 0.5) is 23.0 Å². The van der Waals surface area contributed by atoms with Gasteiger partial charge in [-0.3, -0.25) is 0 Å². The first kappa shape index (κ1) is 13.7. The topological polar surface area (TPSA) is 44.3 Å². The van der Waals surface area contributed by atoms with Crippen molar-refractivity contribution >= 4 is 23.0 Å². The number of anilines is 4. The summed E-state index contributed by atoms with van der Waals surface area (Å²) in [5.41, 5.74) is 2.44. The summed E-state index contributed by atoms with van der Waals surface area (Å²) in [6.07, 6.45) is 0.831. The minimum atomic E-state index is 0.831. The molecule has 3 rings (SSSR count). The largest absolute Gasteiger partial charge is 0.373 e. The summed E-state index contributed by atoms with van der Waals surface area (Å²) in [5.74, 6) is 2.70. The fraction of sp³-hybridized carbons (Fsp3) is 0.375. The third-order valence-corrected chi connectivity index (χ3v) is 3.85. The van der Waals surface area contributed by atoms with Crippen LogP contribution in [0.3, 0.4) is 0 Å². The van der Waals surface area contributed by atoms with Crippen molar-refractivity contribution in [3.63, 3.8) is 0 Å². The SMILES string of the molecule is CCc1nc(NC)cc(N2CCN(C)c3ccccc32)n1. The van der Waals surface area contributed by atoms with Gasteiger partial charge in [0.1, 0.15) is 17.5 Å². The van der Waals surface area contributed by atoms with E-state index in [1.807, 2.05) is 13.1 Å². The summed E-state index contributed by atoms with van der Waals surface area (Å²) in [5, 5.41) is 3.13. The Kier molecular flexibility index (Phi) is 3.64. The number of hydrogen-bond donors (Lipinski definition) is 1. The van der Waals surface area contributed by atoms with Gasteiger partial charge in [-0.05, 0) is 12.1 Å². The molecule has 1 aromatic carbocycles. The summed E-state index contributed by atoms with van der Waals surface area (Å²) in [6, 6.07) is 10.5. The Morgan fingerprint density at radius 1 is 1.14 bits per heavy atom. The van der Waals surface area contributed by atoms with Crippen molar-refractivity contribution in [1.29, 1.82) is 0 Å². The number of benzene rings is 1. The van der Waals surface area contributed by atoms with Gasteiger partial charge in [-0.25, -0.2) is 9.97 Å². The van der Waals surface area contributed by atoms with E-state index in [1.54, 1.807) is 0 Å². The van der Waals surface area contributed by atoms with Crippen LogP contribution < -0.4 is 15.1 Å². The van der Waals surface area contributed by atoms with Gasteiger partial charge in [0.15, 0.2) is 0 Å². The molecule has 0 spiro atoms. The van der Waals surface area contributed by atoms with Gasteiger partial charge < -0.3 is 15.1 Å². The van der Waals surface area contributed by atoms with Gasteiger partial charge in [0.25, 0.3) is 0 Å². The Morgan fingerprint density at radius 3 is 2.62 bits per heavy atom. The van der Waals surface area contributed by atoms with Crippen LogP contribution >= 0.6 is 0 Å².